The topological polar surface area (TPSA) is 81.5 Å². The maximum absolute atomic E-state index is 12.9. The second kappa shape index (κ2) is 6.37. The van der Waals surface area contributed by atoms with Crippen molar-refractivity contribution in [3.63, 3.8) is 0 Å². The van der Waals surface area contributed by atoms with Crippen molar-refractivity contribution in [1.29, 1.82) is 0 Å². The van der Waals surface area contributed by atoms with Gasteiger partial charge in [-0.15, -0.1) is 0 Å². The number of furan rings is 1. The maximum atomic E-state index is 12.9. The van der Waals surface area contributed by atoms with Crippen LogP contribution in [0.1, 0.15) is 43.0 Å². The maximum Gasteiger partial charge on any atom is 0.291 e. The zero-order chi connectivity index (χ0) is 19.3. The predicted molar refractivity (Wildman–Crippen MR) is 104 cm³/mol. The van der Waals surface area contributed by atoms with Crippen LogP contribution >= 0.6 is 0 Å². The van der Waals surface area contributed by atoms with Crippen LogP contribution in [0.5, 0.6) is 0 Å². The average Bonchev–Trinajstić information content (AvgIpc) is 3.30. The highest BCUT2D eigenvalue weighted by Crippen LogP contribution is 2.29. The summed E-state index contributed by atoms with van der Waals surface area (Å²) in [5.74, 6) is -0.212. The van der Waals surface area contributed by atoms with Gasteiger partial charge in [0.1, 0.15) is 17.9 Å². The molecule has 2 atom stereocenters. The van der Waals surface area contributed by atoms with Gasteiger partial charge in [-0.05, 0) is 37.3 Å². The lowest BCUT2D eigenvalue weighted by Gasteiger charge is -2.27. The molecule has 1 aliphatic rings. The van der Waals surface area contributed by atoms with Gasteiger partial charge in [-0.2, -0.15) is 5.10 Å². The van der Waals surface area contributed by atoms with E-state index in [-0.39, 0.29) is 17.5 Å². The summed E-state index contributed by atoms with van der Waals surface area (Å²) in [5, 5.41) is 7.34. The fourth-order valence-electron chi connectivity index (χ4n) is 4.09. The summed E-state index contributed by atoms with van der Waals surface area (Å²) in [6.07, 6.45) is 6.08. The van der Waals surface area contributed by atoms with Gasteiger partial charge >= 0.3 is 0 Å². The van der Waals surface area contributed by atoms with E-state index in [1.807, 2.05) is 12.1 Å². The number of nitrogens with one attached hydrogen (secondary N) is 1. The lowest BCUT2D eigenvalue weighted by Crippen LogP contribution is -2.39. The van der Waals surface area contributed by atoms with Gasteiger partial charge in [0.05, 0.1) is 17.8 Å². The Morgan fingerprint density at radius 3 is 3.04 bits per heavy atom. The molecule has 2 unspecified atom stereocenters. The predicted octanol–water partition coefficient (Wildman–Crippen LogP) is 3.00. The van der Waals surface area contributed by atoms with Gasteiger partial charge in [0.2, 0.25) is 5.91 Å². The Labute approximate surface area is 160 Å². The molecule has 0 fully saturated rings. The van der Waals surface area contributed by atoms with Crippen molar-refractivity contribution in [3.05, 3.63) is 70.5 Å². The highest BCUT2D eigenvalue weighted by molar-refractivity contribution is 5.83. The number of carbonyl (C=O) groups excluding carboxylic acids is 1. The first-order chi connectivity index (χ1) is 13.6. The molecule has 5 rings (SSSR count). The Bertz CT molecular complexity index is 1250. The fourth-order valence-corrected chi connectivity index (χ4v) is 4.09. The lowest BCUT2D eigenvalue weighted by atomic mass is 9.87. The summed E-state index contributed by atoms with van der Waals surface area (Å²) >= 11 is 0. The summed E-state index contributed by atoms with van der Waals surface area (Å²) in [6.45, 7) is 1.70. The van der Waals surface area contributed by atoms with E-state index in [2.05, 4.69) is 22.5 Å². The number of aryl methyl sites for hydroxylation is 1. The standard InChI is InChI=1S/C21H20N4O3/c1-13(20(26)23-16-8-4-6-14-5-2-3-7-15(14)16)25-21(27)18-11-19-17(9-10-28-19)24(18)12-22-25/h2-3,5,7,9-13,16H,4,6,8H2,1H3,(H,23,26). The van der Waals surface area contributed by atoms with Crippen molar-refractivity contribution in [3.8, 4) is 0 Å². The third kappa shape index (κ3) is 2.54. The van der Waals surface area contributed by atoms with Gasteiger partial charge in [0.15, 0.2) is 5.58 Å². The Kier molecular flexibility index (Phi) is 3.82. The van der Waals surface area contributed by atoms with E-state index in [0.717, 1.165) is 30.3 Å². The first kappa shape index (κ1) is 16.8. The molecular weight excluding hydrogens is 356 g/mol. The highest BCUT2D eigenvalue weighted by atomic mass is 16.3. The zero-order valence-corrected chi connectivity index (χ0v) is 15.5. The van der Waals surface area contributed by atoms with Crippen LogP contribution in [0.3, 0.4) is 0 Å². The number of carbonyl (C=O) groups is 1. The van der Waals surface area contributed by atoms with Gasteiger partial charge in [-0.3, -0.25) is 14.0 Å². The zero-order valence-electron chi connectivity index (χ0n) is 15.5. The Hall–Kier alpha value is -3.35. The summed E-state index contributed by atoms with van der Waals surface area (Å²) in [4.78, 5) is 25.8. The summed E-state index contributed by atoms with van der Waals surface area (Å²) in [5.41, 5.74) is 3.96. The first-order valence-corrected chi connectivity index (χ1v) is 9.48. The minimum atomic E-state index is -0.715. The van der Waals surface area contributed by atoms with Crippen LogP contribution in [-0.2, 0) is 11.2 Å². The highest BCUT2D eigenvalue weighted by Gasteiger charge is 2.25. The molecule has 0 spiro atoms. The van der Waals surface area contributed by atoms with Crippen LogP contribution in [0.2, 0.25) is 0 Å². The quantitative estimate of drug-likeness (QED) is 0.596. The summed E-state index contributed by atoms with van der Waals surface area (Å²) < 4.78 is 8.28. The van der Waals surface area contributed by atoms with Gasteiger partial charge < -0.3 is 9.73 Å². The fraction of sp³-hybridized carbons (Fsp3) is 0.286. The second-order valence-electron chi connectivity index (χ2n) is 7.28. The molecule has 3 heterocycles. The van der Waals surface area contributed by atoms with Crippen molar-refractivity contribution < 1.29 is 9.21 Å². The van der Waals surface area contributed by atoms with Crippen LogP contribution in [0.4, 0.5) is 0 Å². The van der Waals surface area contributed by atoms with Crippen molar-refractivity contribution in [1.82, 2.24) is 19.5 Å². The minimum Gasteiger partial charge on any atom is -0.463 e. The molecule has 1 N–H and O–H groups in total. The van der Waals surface area contributed by atoms with Crippen molar-refractivity contribution in [2.75, 3.05) is 0 Å². The summed E-state index contributed by atoms with van der Waals surface area (Å²) in [6, 6.07) is 10.9. The molecule has 0 saturated carbocycles. The molecule has 1 aliphatic carbocycles. The molecule has 28 heavy (non-hydrogen) atoms. The van der Waals surface area contributed by atoms with Gasteiger partial charge in [0.25, 0.3) is 5.56 Å². The minimum absolute atomic E-state index is 0.0324. The monoisotopic (exact) mass is 376 g/mol. The van der Waals surface area contributed by atoms with Crippen LogP contribution in [0.15, 0.2) is 58.2 Å². The van der Waals surface area contributed by atoms with Crippen molar-refractivity contribution >= 4 is 22.5 Å². The Morgan fingerprint density at radius 1 is 1.29 bits per heavy atom. The summed E-state index contributed by atoms with van der Waals surface area (Å²) in [7, 11) is 0. The molecule has 0 bridgehead atoms. The van der Waals surface area contributed by atoms with Gasteiger partial charge in [0, 0.05) is 12.1 Å². The number of hydrogen-bond acceptors (Lipinski definition) is 4. The molecule has 7 heteroatoms. The smallest absolute Gasteiger partial charge is 0.291 e. The van der Waals surface area contributed by atoms with Crippen LogP contribution in [0.25, 0.3) is 16.6 Å². The van der Waals surface area contributed by atoms with Gasteiger partial charge in [-0.1, -0.05) is 24.3 Å². The Morgan fingerprint density at radius 2 is 2.14 bits per heavy atom. The molecular formula is C21H20N4O3. The van der Waals surface area contributed by atoms with E-state index in [1.54, 1.807) is 36.0 Å². The molecule has 1 amide bonds. The third-order valence-corrected chi connectivity index (χ3v) is 5.61. The van der Waals surface area contributed by atoms with Gasteiger partial charge in [-0.25, -0.2) is 4.68 Å². The molecule has 7 nitrogen and oxygen atoms in total. The lowest BCUT2D eigenvalue weighted by molar-refractivity contribution is -0.125. The third-order valence-electron chi connectivity index (χ3n) is 5.61. The number of rotatable bonds is 3. The molecule has 4 aromatic rings. The van der Waals surface area contributed by atoms with E-state index in [9.17, 15) is 9.59 Å². The van der Waals surface area contributed by atoms with Crippen LogP contribution in [0, 0.1) is 0 Å². The van der Waals surface area contributed by atoms with E-state index >= 15 is 0 Å². The number of aromatic nitrogens is 3. The van der Waals surface area contributed by atoms with E-state index in [1.165, 1.54) is 10.2 Å². The first-order valence-electron chi connectivity index (χ1n) is 9.48. The van der Waals surface area contributed by atoms with E-state index in [0.29, 0.717) is 11.1 Å². The van der Waals surface area contributed by atoms with Crippen molar-refractivity contribution in [2.24, 2.45) is 0 Å². The molecule has 1 aromatic carbocycles. The number of fused-ring (bicyclic) bond motifs is 4. The normalized spacial score (nSPS) is 17.5. The average molecular weight is 376 g/mol. The largest absolute Gasteiger partial charge is 0.463 e. The molecule has 0 aliphatic heterocycles. The number of amides is 1. The molecule has 0 radical (unpaired) electrons. The molecule has 3 aromatic heterocycles. The molecule has 142 valence electrons. The Balaban J connectivity index is 1.45. The molecule has 0 saturated heterocycles. The van der Waals surface area contributed by atoms with Crippen molar-refractivity contribution in [2.45, 2.75) is 38.3 Å². The van der Waals surface area contributed by atoms with E-state index < -0.39 is 6.04 Å². The number of nitrogens with zero attached hydrogens (tertiary/aromatic N) is 3. The second-order valence-corrected chi connectivity index (χ2v) is 7.28. The number of benzene rings is 1. The SMILES string of the molecule is CC(C(=O)NC1CCCc2ccccc21)n1ncn2c(cc3occc32)c1=O. The van der Waals surface area contributed by atoms with E-state index in [4.69, 9.17) is 4.42 Å². The number of hydrogen-bond donors (Lipinski definition) is 1. The van der Waals surface area contributed by atoms with Crippen LogP contribution in [-0.4, -0.2) is 20.1 Å². The van der Waals surface area contributed by atoms with Crippen LogP contribution < -0.4 is 10.9 Å².